The molecule has 0 aromatic rings. The summed E-state index contributed by atoms with van der Waals surface area (Å²) < 4.78 is 11.9. The highest BCUT2D eigenvalue weighted by Crippen LogP contribution is 2.35. The largest absolute Gasteiger partial charge is 0.467 e. The summed E-state index contributed by atoms with van der Waals surface area (Å²) in [6.45, 7) is 2.38. The van der Waals surface area contributed by atoms with Crippen LogP contribution >= 0.6 is 0 Å². The molecule has 10 heteroatoms. The highest BCUT2D eigenvalue weighted by molar-refractivity contribution is 5.89. The number of ether oxygens (including phenoxy) is 2. The summed E-state index contributed by atoms with van der Waals surface area (Å²) in [6, 6.07) is -1.93. The van der Waals surface area contributed by atoms with E-state index < -0.39 is 48.1 Å². The molecule has 0 aromatic carbocycles. The molecule has 1 heterocycles. The second-order valence-corrected chi connectivity index (χ2v) is 8.25. The van der Waals surface area contributed by atoms with E-state index >= 15 is 0 Å². The van der Waals surface area contributed by atoms with E-state index in [2.05, 4.69) is 10.6 Å². The summed E-state index contributed by atoms with van der Waals surface area (Å²) in [4.78, 5) is 12.2. The zero-order valence-electron chi connectivity index (χ0n) is 16.4. The Hall–Kier alpha value is -1.27. The number of aliphatic hydroxyl groups is 2. The molecule has 2 aliphatic carbocycles. The van der Waals surface area contributed by atoms with Crippen LogP contribution < -0.4 is 27.8 Å². The molecule has 9 atom stereocenters. The molecular weight excluding hydrogens is 366 g/mol. The number of likely N-dealkylation sites (N-methyl/N-ethyl adjacent to an activating group) is 1. The Morgan fingerprint density at radius 2 is 2.07 bits per heavy atom. The Labute approximate surface area is 164 Å². The van der Waals surface area contributed by atoms with Crippen molar-refractivity contribution in [2.24, 2.45) is 23.1 Å². The van der Waals surface area contributed by atoms with Crippen LogP contribution in [0.4, 0.5) is 0 Å². The number of carbonyl (C=O) groups excluding carboxylic acids is 1. The molecule has 3 rings (SSSR count). The molecule has 3 aliphatic rings. The first-order valence-corrected chi connectivity index (χ1v) is 9.81. The fourth-order valence-electron chi connectivity index (χ4n) is 3.95. The molecule has 0 aromatic heterocycles. The van der Waals surface area contributed by atoms with Crippen LogP contribution in [0.1, 0.15) is 26.2 Å². The number of nitrogens with one attached hydrogen (secondary N) is 2. The van der Waals surface area contributed by atoms with Crippen molar-refractivity contribution in [2.45, 2.75) is 74.5 Å². The van der Waals surface area contributed by atoms with Crippen LogP contribution in [0, 0.1) is 5.92 Å². The normalized spacial score (nSPS) is 45.8. The average Bonchev–Trinajstić information content (AvgIpc) is 3.27. The quantitative estimate of drug-likeness (QED) is 0.249. The number of carbonyl (C=O) groups is 1. The van der Waals surface area contributed by atoms with Gasteiger partial charge in [-0.25, -0.2) is 0 Å². The van der Waals surface area contributed by atoms with E-state index in [-0.39, 0.29) is 18.4 Å². The summed E-state index contributed by atoms with van der Waals surface area (Å²) in [7, 11) is 1.82. The third-order valence-electron chi connectivity index (χ3n) is 5.99. The molecular formula is C18H33N5O5. The standard InChI is InChI=1S/C18H33N5O5/c1-8-14(24)12(23-17(25)18(26)6-13(18)21)5-11(20)15(8)28-16-10(19)4-3-9(27-16)7-22-2/h3,8,10-16,22,24,26H,4-7,19-21H2,1-2H3,(H,23,25)/t8-,10-,11+,12-,13?,14-,15+,16-,18?/m1/s1. The van der Waals surface area contributed by atoms with Crippen LogP contribution in [0.15, 0.2) is 11.8 Å². The Kier molecular flexibility index (Phi) is 6.30. The topological polar surface area (TPSA) is 178 Å². The van der Waals surface area contributed by atoms with Crippen molar-refractivity contribution >= 4 is 5.91 Å². The first-order chi connectivity index (χ1) is 13.2. The van der Waals surface area contributed by atoms with E-state index in [1.54, 1.807) is 0 Å². The van der Waals surface area contributed by atoms with Gasteiger partial charge in [0.1, 0.15) is 5.76 Å². The first kappa shape index (κ1) is 21.4. The number of rotatable bonds is 6. The third-order valence-corrected chi connectivity index (χ3v) is 5.99. The van der Waals surface area contributed by atoms with Gasteiger partial charge < -0.3 is 47.5 Å². The second-order valence-electron chi connectivity index (χ2n) is 8.25. The second kappa shape index (κ2) is 8.23. The molecule has 160 valence electrons. The van der Waals surface area contributed by atoms with E-state index in [1.165, 1.54) is 0 Å². The van der Waals surface area contributed by atoms with Crippen LogP contribution in [0.3, 0.4) is 0 Å². The number of hydrogen-bond acceptors (Lipinski definition) is 9. The maximum absolute atomic E-state index is 12.2. The van der Waals surface area contributed by atoms with Crippen LogP contribution in [0.25, 0.3) is 0 Å². The predicted molar refractivity (Wildman–Crippen MR) is 102 cm³/mol. The molecule has 1 amide bonds. The number of hydrogen-bond donors (Lipinski definition) is 7. The Balaban J connectivity index is 1.60. The van der Waals surface area contributed by atoms with Gasteiger partial charge in [-0.05, 0) is 26.0 Å². The van der Waals surface area contributed by atoms with E-state index in [0.717, 1.165) is 5.76 Å². The van der Waals surface area contributed by atoms with E-state index in [1.807, 2.05) is 20.0 Å². The molecule has 10 N–H and O–H groups in total. The maximum atomic E-state index is 12.2. The minimum Gasteiger partial charge on any atom is -0.467 e. The van der Waals surface area contributed by atoms with Gasteiger partial charge in [-0.3, -0.25) is 4.79 Å². The molecule has 0 bridgehead atoms. The number of aliphatic hydroxyl groups excluding tert-OH is 1. The van der Waals surface area contributed by atoms with Crippen molar-refractivity contribution in [1.29, 1.82) is 0 Å². The highest BCUT2D eigenvalue weighted by Gasteiger charge is 2.58. The molecule has 0 spiro atoms. The van der Waals surface area contributed by atoms with Crippen LogP contribution in [-0.2, 0) is 14.3 Å². The molecule has 0 radical (unpaired) electrons. The average molecular weight is 399 g/mol. The van der Waals surface area contributed by atoms with Crippen LogP contribution in [0.2, 0.25) is 0 Å². The van der Waals surface area contributed by atoms with Gasteiger partial charge in [0.2, 0.25) is 6.29 Å². The highest BCUT2D eigenvalue weighted by atomic mass is 16.7. The van der Waals surface area contributed by atoms with Gasteiger partial charge in [0.05, 0.1) is 30.8 Å². The van der Waals surface area contributed by atoms with E-state index in [0.29, 0.717) is 19.4 Å². The van der Waals surface area contributed by atoms with Gasteiger partial charge in [-0.15, -0.1) is 0 Å². The lowest BCUT2D eigenvalue weighted by Crippen LogP contribution is -2.63. The molecule has 2 fully saturated rings. The maximum Gasteiger partial charge on any atom is 0.253 e. The zero-order chi connectivity index (χ0) is 20.6. The van der Waals surface area contributed by atoms with Gasteiger partial charge in [0.15, 0.2) is 5.60 Å². The first-order valence-electron chi connectivity index (χ1n) is 9.81. The lowest BCUT2D eigenvalue weighted by molar-refractivity contribution is -0.201. The monoisotopic (exact) mass is 399 g/mol. The molecule has 28 heavy (non-hydrogen) atoms. The lowest BCUT2D eigenvalue weighted by atomic mass is 9.78. The van der Waals surface area contributed by atoms with Crippen molar-refractivity contribution in [1.82, 2.24) is 10.6 Å². The van der Waals surface area contributed by atoms with Crippen molar-refractivity contribution in [3.05, 3.63) is 11.8 Å². The van der Waals surface area contributed by atoms with Gasteiger partial charge in [-0.1, -0.05) is 6.92 Å². The zero-order valence-corrected chi connectivity index (χ0v) is 16.4. The summed E-state index contributed by atoms with van der Waals surface area (Å²) in [5, 5.41) is 26.5. The van der Waals surface area contributed by atoms with Gasteiger partial charge in [0, 0.05) is 24.4 Å². The summed E-state index contributed by atoms with van der Waals surface area (Å²) in [5.74, 6) is -0.181. The van der Waals surface area contributed by atoms with Gasteiger partial charge in [-0.2, -0.15) is 0 Å². The van der Waals surface area contributed by atoms with Gasteiger partial charge >= 0.3 is 0 Å². The Bertz CT molecular complexity index is 619. The molecule has 1 aliphatic heterocycles. The smallest absolute Gasteiger partial charge is 0.253 e. The summed E-state index contributed by atoms with van der Waals surface area (Å²) in [6.07, 6.45) is 1.04. The Morgan fingerprint density at radius 1 is 1.39 bits per heavy atom. The van der Waals surface area contributed by atoms with Crippen molar-refractivity contribution < 1.29 is 24.5 Å². The Morgan fingerprint density at radius 3 is 2.68 bits per heavy atom. The fraction of sp³-hybridized carbons (Fsp3) is 0.833. The SMILES string of the molecule is CNCC1=CC[C@@H](N)[C@@H](O[C@H]2[C@H](C)[C@@H](O)[C@H](NC(=O)C3(O)CC3N)C[C@@H]2N)O1. The van der Waals surface area contributed by atoms with Crippen molar-refractivity contribution in [3.63, 3.8) is 0 Å². The minimum atomic E-state index is -1.54. The number of nitrogens with two attached hydrogens (primary N) is 3. The number of amides is 1. The van der Waals surface area contributed by atoms with E-state index in [4.69, 9.17) is 26.7 Å². The van der Waals surface area contributed by atoms with Crippen molar-refractivity contribution in [3.8, 4) is 0 Å². The molecule has 0 saturated heterocycles. The predicted octanol–water partition coefficient (Wildman–Crippen LogP) is -2.78. The van der Waals surface area contributed by atoms with Crippen molar-refractivity contribution in [2.75, 3.05) is 13.6 Å². The molecule has 10 nitrogen and oxygen atoms in total. The molecule has 2 saturated carbocycles. The van der Waals surface area contributed by atoms with Crippen LogP contribution in [-0.4, -0.2) is 78.0 Å². The van der Waals surface area contributed by atoms with Gasteiger partial charge in [0.25, 0.3) is 5.91 Å². The van der Waals surface area contributed by atoms with Crippen LogP contribution in [0.5, 0.6) is 0 Å². The van der Waals surface area contributed by atoms with E-state index in [9.17, 15) is 15.0 Å². The fourth-order valence-corrected chi connectivity index (χ4v) is 3.95. The lowest BCUT2D eigenvalue weighted by Gasteiger charge is -2.44. The molecule has 2 unspecified atom stereocenters. The summed E-state index contributed by atoms with van der Waals surface area (Å²) in [5.41, 5.74) is 16.5. The summed E-state index contributed by atoms with van der Waals surface area (Å²) >= 11 is 0. The minimum absolute atomic E-state index is 0.217. The third kappa shape index (κ3) is 4.18.